The van der Waals surface area contributed by atoms with Crippen LogP contribution in [0.2, 0.25) is 0 Å². The predicted octanol–water partition coefficient (Wildman–Crippen LogP) is 3.13. The minimum Gasteiger partial charge on any atom is -0.490 e. The summed E-state index contributed by atoms with van der Waals surface area (Å²) in [7, 11) is 1.73. The van der Waals surface area contributed by atoms with Crippen LogP contribution in [0.15, 0.2) is 41.9 Å². The number of benzene rings is 1. The molecule has 1 heterocycles. The highest BCUT2D eigenvalue weighted by Crippen LogP contribution is 2.30. The number of nitrogens with one attached hydrogen (secondary N) is 2. The summed E-state index contributed by atoms with van der Waals surface area (Å²) in [5.41, 5.74) is 0.854. The van der Waals surface area contributed by atoms with E-state index in [2.05, 4.69) is 20.6 Å². The van der Waals surface area contributed by atoms with Crippen molar-refractivity contribution in [1.82, 2.24) is 20.2 Å². The minimum atomic E-state index is -0.315. The van der Waals surface area contributed by atoms with Crippen LogP contribution in [0.4, 0.5) is 4.39 Å². The number of halogens is 1. The van der Waals surface area contributed by atoms with Gasteiger partial charge in [0, 0.05) is 32.5 Å². The molecule has 0 radical (unpaired) electrons. The van der Waals surface area contributed by atoms with Crippen LogP contribution in [0.3, 0.4) is 0 Å². The molecular formula is C20H28FN5O. The van der Waals surface area contributed by atoms with Gasteiger partial charge in [0.05, 0.1) is 19.0 Å². The van der Waals surface area contributed by atoms with Gasteiger partial charge in [-0.3, -0.25) is 4.99 Å². The van der Waals surface area contributed by atoms with Crippen molar-refractivity contribution in [2.45, 2.75) is 38.8 Å². The lowest BCUT2D eigenvalue weighted by atomic mass is 10.1. The number of aryl methyl sites for hydroxylation is 1. The molecule has 0 aliphatic heterocycles. The summed E-state index contributed by atoms with van der Waals surface area (Å²) >= 11 is 0. The molecule has 0 bridgehead atoms. The first-order chi connectivity index (χ1) is 13.2. The van der Waals surface area contributed by atoms with E-state index >= 15 is 0 Å². The molecule has 2 N–H and O–H groups in total. The second-order valence-corrected chi connectivity index (χ2v) is 6.96. The fourth-order valence-corrected chi connectivity index (χ4v) is 2.77. The number of guanidine groups is 1. The van der Waals surface area contributed by atoms with E-state index in [-0.39, 0.29) is 11.9 Å². The van der Waals surface area contributed by atoms with E-state index in [1.54, 1.807) is 19.3 Å². The van der Waals surface area contributed by atoms with Gasteiger partial charge in [0.2, 0.25) is 0 Å². The van der Waals surface area contributed by atoms with Crippen LogP contribution >= 0.6 is 0 Å². The van der Waals surface area contributed by atoms with Crippen molar-refractivity contribution in [2.24, 2.45) is 10.9 Å². The number of ether oxygens (including phenoxy) is 1. The first kappa shape index (κ1) is 19.2. The van der Waals surface area contributed by atoms with Crippen molar-refractivity contribution in [2.75, 3.05) is 20.2 Å². The Morgan fingerprint density at radius 1 is 1.44 bits per heavy atom. The average molecular weight is 373 g/mol. The van der Waals surface area contributed by atoms with Gasteiger partial charge in [0.15, 0.2) is 17.5 Å². The quantitative estimate of drug-likeness (QED) is 0.403. The van der Waals surface area contributed by atoms with E-state index < -0.39 is 0 Å². The molecule has 1 unspecified atom stereocenters. The molecule has 0 amide bonds. The highest BCUT2D eigenvalue weighted by Gasteiger charge is 2.22. The van der Waals surface area contributed by atoms with Gasteiger partial charge in [0.1, 0.15) is 0 Å². The molecule has 1 aromatic carbocycles. The zero-order valence-electron chi connectivity index (χ0n) is 16.0. The maximum Gasteiger partial charge on any atom is 0.191 e. The molecule has 1 aliphatic carbocycles. The first-order valence-corrected chi connectivity index (χ1v) is 9.51. The van der Waals surface area contributed by atoms with E-state index in [1.807, 2.05) is 30.1 Å². The second kappa shape index (κ2) is 9.39. The van der Waals surface area contributed by atoms with Crippen molar-refractivity contribution in [3.05, 3.63) is 48.3 Å². The molecule has 1 aliphatic rings. The van der Waals surface area contributed by atoms with Gasteiger partial charge >= 0.3 is 0 Å². The highest BCUT2D eigenvalue weighted by molar-refractivity contribution is 5.80. The highest BCUT2D eigenvalue weighted by atomic mass is 19.1. The molecule has 7 heteroatoms. The lowest BCUT2D eigenvalue weighted by Gasteiger charge is -2.19. The number of rotatable bonds is 9. The number of hydrogen-bond donors (Lipinski definition) is 2. The summed E-state index contributed by atoms with van der Waals surface area (Å²) in [5, 5.41) is 6.58. The molecule has 0 spiro atoms. The number of aliphatic imine (C=N–C) groups is 1. The number of hydrogen-bond acceptors (Lipinski definition) is 3. The van der Waals surface area contributed by atoms with Crippen molar-refractivity contribution >= 4 is 5.96 Å². The molecule has 27 heavy (non-hydrogen) atoms. The zero-order valence-corrected chi connectivity index (χ0v) is 16.0. The van der Waals surface area contributed by atoms with Crippen LogP contribution in [0.1, 0.15) is 37.8 Å². The molecule has 2 aromatic rings. The lowest BCUT2D eigenvalue weighted by molar-refractivity contribution is 0.285. The third-order valence-corrected chi connectivity index (χ3v) is 4.65. The van der Waals surface area contributed by atoms with E-state index in [0.29, 0.717) is 24.2 Å². The summed E-state index contributed by atoms with van der Waals surface area (Å²) in [6, 6.07) is 5.07. The Kier molecular flexibility index (Phi) is 6.68. The molecule has 146 valence electrons. The van der Waals surface area contributed by atoms with Gasteiger partial charge in [-0.25, -0.2) is 9.37 Å². The van der Waals surface area contributed by atoms with E-state index in [9.17, 15) is 4.39 Å². The fraction of sp³-hybridized carbons (Fsp3) is 0.500. The SMILES string of the molecule is CN=C(NCCCn1ccnc1)NC(C)c1ccc(OCC2CC2)c(F)c1. The van der Waals surface area contributed by atoms with Crippen molar-refractivity contribution in [3.8, 4) is 5.75 Å². The normalized spacial score (nSPS) is 15.4. The molecule has 1 atom stereocenters. The molecule has 1 fully saturated rings. The molecule has 1 saturated carbocycles. The standard InChI is InChI=1S/C20H28FN5O/c1-15(17-6-7-19(18(21)12-17)27-13-16-4-5-16)25-20(22-2)24-8-3-10-26-11-9-23-14-26/h6-7,9,11-12,14-16H,3-5,8,10,13H2,1-2H3,(H2,22,24,25). The van der Waals surface area contributed by atoms with Gasteiger partial charge in [0.25, 0.3) is 0 Å². The van der Waals surface area contributed by atoms with Crippen LogP contribution in [-0.2, 0) is 6.54 Å². The van der Waals surface area contributed by atoms with Gasteiger partial charge in [-0.05, 0) is 49.8 Å². The van der Waals surface area contributed by atoms with Crippen molar-refractivity contribution < 1.29 is 9.13 Å². The molecule has 6 nitrogen and oxygen atoms in total. The van der Waals surface area contributed by atoms with Gasteiger partial charge in [-0.15, -0.1) is 0 Å². The lowest BCUT2D eigenvalue weighted by Crippen LogP contribution is -2.39. The molecular weight excluding hydrogens is 345 g/mol. The molecule has 3 rings (SSSR count). The molecule has 0 saturated heterocycles. The Morgan fingerprint density at radius 2 is 2.30 bits per heavy atom. The van der Waals surface area contributed by atoms with Gasteiger partial charge in [-0.2, -0.15) is 0 Å². The predicted molar refractivity (Wildman–Crippen MR) is 104 cm³/mol. The number of imidazole rings is 1. The fourth-order valence-electron chi connectivity index (χ4n) is 2.77. The van der Waals surface area contributed by atoms with Crippen LogP contribution < -0.4 is 15.4 Å². The van der Waals surface area contributed by atoms with Gasteiger partial charge in [-0.1, -0.05) is 6.07 Å². The van der Waals surface area contributed by atoms with E-state index in [0.717, 1.165) is 25.1 Å². The van der Waals surface area contributed by atoms with E-state index in [1.165, 1.54) is 18.9 Å². The van der Waals surface area contributed by atoms with Crippen molar-refractivity contribution in [1.29, 1.82) is 0 Å². The van der Waals surface area contributed by atoms with Crippen LogP contribution in [0.5, 0.6) is 5.75 Å². The topological polar surface area (TPSA) is 63.5 Å². The third kappa shape index (κ3) is 5.98. The van der Waals surface area contributed by atoms with Crippen LogP contribution in [0.25, 0.3) is 0 Å². The average Bonchev–Trinajstić information content (AvgIpc) is 3.36. The first-order valence-electron chi connectivity index (χ1n) is 9.51. The maximum atomic E-state index is 14.3. The van der Waals surface area contributed by atoms with E-state index in [4.69, 9.17) is 4.74 Å². The summed E-state index contributed by atoms with van der Waals surface area (Å²) in [6.45, 7) is 4.28. The van der Waals surface area contributed by atoms with Crippen molar-refractivity contribution in [3.63, 3.8) is 0 Å². The zero-order chi connectivity index (χ0) is 19.1. The summed E-state index contributed by atoms with van der Waals surface area (Å²) in [5.74, 6) is 1.32. The Hall–Kier alpha value is -2.57. The summed E-state index contributed by atoms with van der Waals surface area (Å²) in [4.78, 5) is 8.27. The monoisotopic (exact) mass is 373 g/mol. The minimum absolute atomic E-state index is 0.0724. The maximum absolute atomic E-state index is 14.3. The largest absolute Gasteiger partial charge is 0.490 e. The Balaban J connectivity index is 1.45. The summed E-state index contributed by atoms with van der Waals surface area (Å²) in [6.07, 6.45) is 8.86. The van der Waals surface area contributed by atoms with Gasteiger partial charge < -0.3 is 19.9 Å². The van der Waals surface area contributed by atoms with Crippen LogP contribution in [0, 0.1) is 11.7 Å². The smallest absolute Gasteiger partial charge is 0.191 e. The van der Waals surface area contributed by atoms with Crippen LogP contribution in [-0.4, -0.2) is 35.7 Å². The second-order valence-electron chi connectivity index (χ2n) is 6.96. The Labute approximate surface area is 159 Å². The summed E-state index contributed by atoms with van der Waals surface area (Å²) < 4.78 is 21.9. The number of aromatic nitrogens is 2. The molecule has 1 aromatic heterocycles. The Bertz CT molecular complexity index is 743. The number of nitrogens with zero attached hydrogens (tertiary/aromatic N) is 3. The Morgan fingerprint density at radius 3 is 2.96 bits per heavy atom. The third-order valence-electron chi connectivity index (χ3n) is 4.65.